The van der Waals surface area contributed by atoms with Crippen LogP contribution in [0.25, 0.3) is 6.08 Å². The van der Waals surface area contributed by atoms with Crippen molar-refractivity contribution in [1.82, 2.24) is 10.4 Å². The summed E-state index contributed by atoms with van der Waals surface area (Å²) < 4.78 is 11.2. The summed E-state index contributed by atoms with van der Waals surface area (Å²) >= 11 is 12.0. The molecule has 1 aliphatic rings. The number of nitrogens with one attached hydrogen (secondary N) is 1. The standard InChI is InChI=1S/C24H15ClN4O8S2/c1-36-19-4-2-3-14(21(19)37-18-10-9-16(28(32)33)12-17(18)29(34)35)11-20-23(31)27(24(38)39-20)26-22(30)13-5-7-15(25)8-6-13/h2-12H,1H3,(H,26,30)/b20-11+. The molecule has 3 aromatic rings. The minimum atomic E-state index is -0.814. The van der Waals surface area contributed by atoms with E-state index in [1.54, 1.807) is 12.1 Å². The fourth-order valence-electron chi connectivity index (χ4n) is 3.35. The van der Waals surface area contributed by atoms with Crippen LogP contribution < -0.4 is 14.9 Å². The molecule has 15 heteroatoms. The number of nitro groups is 2. The van der Waals surface area contributed by atoms with E-state index in [2.05, 4.69) is 5.43 Å². The topological polar surface area (TPSA) is 154 Å². The lowest BCUT2D eigenvalue weighted by molar-refractivity contribution is -0.394. The zero-order valence-corrected chi connectivity index (χ0v) is 22.0. The number of nitrogens with zero attached hydrogens (tertiary/aromatic N) is 3. The summed E-state index contributed by atoms with van der Waals surface area (Å²) in [5.74, 6) is -1.31. The summed E-state index contributed by atoms with van der Waals surface area (Å²) in [6, 6.07) is 13.7. The van der Waals surface area contributed by atoms with Crippen molar-refractivity contribution in [2.45, 2.75) is 0 Å². The van der Waals surface area contributed by atoms with Crippen LogP contribution in [-0.4, -0.2) is 38.1 Å². The second-order valence-electron chi connectivity index (χ2n) is 7.61. The van der Waals surface area contributed by atoms with Crippen LogP contribution in [0.2, 0.25) is 5.02 Å². The summed E-state index contributed by atoms with van der Waals surface area (Å²) in [5, 5.41) is 24.0. The lowest BCUT2D eigenvalue weighted by Crippen LogP contribution is -2.44. The van der Waals surface area contributed by atoms with Gasteiger partial charge in [-0.3, -0.25) is 35.2 Å². The number of ether oxygens (including phenoxy) is 2. The Morgan fingerprint density at radius 2 is 1.79 bits per heavy atom. The molecule has 1 saturated heterocycles. The van der Waals surface area contributed by atoms with Crippen molar-refractivity contribution in [3.05, 3.63) is 102 Å². The first-order chi connectivity index (χ1) is 18.6. The fraction of sp³-hybridized carbons (Fsp3) is 0.0417. The van der Waals surface area contributed by atoms with Crippen LogP contribution in [-0.2, 0) is 4.79 Å². The first-order valence-corrected chi connectivity index (χ1v) is 12.3. The van der Waals surface area contributed by atoms with E-state index in [-0.39, 0.29) is 37.6 Å². The van der Waals surface area contributed by atoms with Gasteiger partial charge in [0.1, 0.15) is 0 Å². The average molecular weight is 587 g/mol. The summed E-state index contributed by atoms with van der Waals surface area (Å²) in [6.07, 6.45) is 1.42. The van der Waals surface area contributed by atoms with Crippen LogP contribution in [0, 0.1) is 20.2 Å². The molecule has 12 nitrogen and oxygen atoms in total. The molecule has 0 unspecified atom stereocenters. The molecule has 39 heavy (non-hydrogen) atoms. The second-order valence-corrected chi connectivity index (χ2v) is 9.72. The number of hydrogen-bond acceptors (Lipinski definition) is 10. The minimum Gasteiger partial charge on any atom is -0.493 e. The van der Waals surface area contributed by atoms with E-state index >= 15 is 0 Å². The highest BCUT2D eigenvalue weighted by Gasteiger charge is 2.34. The van der Waals surface area contributed by atoms with Crippen LogP contribution in [0.15, 0.2) is 65.6 Å². The van der Waals surface area contributed by atoms with Gasteiger partial charge in [0.05, 0.1) is 27.9 Å². The maximum absolute atomic E-state index is 13.1. The molecule has 0 radical (unpaired) electrons. The quantitative estimate of drug-likeness (QED) is 0.155. The number of amides is 2. The van der Waals surface area contributed by atoms with Gasteiger partial charge in [0.25, 0.3) is 17.5 Å². The van der Waals surface area contributed by atoms with Gasteiger partial charge in [-0.15, -0.1) is 0 Å². The molecule has 1 heterocycles. The van der Waals surface area contributed by atoms with E-state index in [0.29, 0.717) is 5.02 Å². The molecule has 0 bridgehead atoms. The first kappa shape index (κ1) is 27.5. The third-order valence-corrected chi connectivity index (χ3v) is 6.75. The van der Waals surface area contributed by atoms with Gasteiger partial charge in [0.2, 0.25) is 5.75 Å². The highest BCUT2D eigenvalue weighted by atomic mass is 35.5. The zero-order chi connectivity index (χ0) is 28.3. The normalized spacial score (nSPS) is 13.9. The van der Waals surface area contributed by atoms with Gasteiger partial charge in [0.15, 0.2) is 15.8 Å². The number of hydrazine groups is 1. The van der Waals surface area contributed by atoms with Gasteiger partial charge in [0, 0.05) is 22.2 Å². The number of para-hydroxylation sites is 1. The molecule has 2 amide bonds. The number of thiocarbonyl (C=S) groups is 1. The van der Waals surface area contributed by atoms with Gasteiger partial charge >= 0.3 is 5.69 Å². The number of halogens is 1. The predicted molar refractivity (Wildman–Crippen MR) is 147 cm³/mol. The van der Waals surface area contributed by atoms with Crippen molar-refractivity contribution in [1.29, 1.82) is 0 Å². The number of rotatable bonds is 8. The Labute approximate surface area is 234 Å². The van der Waals surface area contributed by atoms with Crippen LogP contribution in [0.5, 0.6) is 17.2 Å². The molecule has 3 aromatic carbocycles. The molecule has 1 fully saturated rings. The third-order valence-electron chi connectivity index (χ3n) is 5.19. The Morgan fingerprint density at radius 3 is 2.44 bits per heavy atom. The van der Waals surface area contributed by atoms with Crippen LogP contribution in [0.3, 0.4) is 0 Å². The zero-order valence-electron chi connectivity index (χ0n) is 19.7. The minimum absolute atomic E-state index is 0.00687. The summed E-state index contributed by atoms with van der Waals surface area (Å²) in [5.41, 5.74) is 1.86. The lowest BCUT2D eigenvalue weighted by atomic mass is 10.1. The number of non-ortho nitro benzene ring substituents is 1. The average Bonchev–Trinajstić information content (AvgIpc) is 3.17. The molecule has 0 saturated carbocycles. The number of nitro benzene ring substituents is 2. The number of benzene rings is 3. The number of hydrogen-bond donors (Lipinski definition) is 1. The maximum atomic E-state index is 13.1. The van der Waals surface area contributed by atoms with E-state index in [4.69, 9.17) is 33.3 Å². The van der Waals surface area contributed by atoms with Gasteiger partial charge in [-0.1, -0.05) is 35.5 Å². The molecule has 198 valence electrons. The number of carbonyl (C=O) groups excluding carboxylic acids is 2. The first-order valence-electron chi connectivity index (χ1n) is 10.7. The smallest absolute Gasteiger partial charge is 0.318 e. The summed E-state index contributed by atoms with van der Waals surface area (Å²) in [4.78, 5) is 46.9. The van der Waals surface area contributed by atoms with Crippen LogP contribution in [0.1, 0.15) is 15.9 Å². The van der Waals surface area contributed by atoms with Gasteiger partial charge in [-0.2, -0.15) is 5.01 Å². The highest BCUT2D eigenvalue weighted by Crippen LogP contribution is 2.42. The van der Waals surface area contributed by atoms with E-state index in [1.165, 1.54) is 43.5 Å². The second kappa shape index (κ2) is 11.5. The van der Waals surface area contributed by atoms with E-state index < -0.39 is 33.0 Å². The Hall–Kier alpha value is -4.53. The number of thioether (sulfide) groups is 1. The Balaban J connectivity index is 1.66. The largest absolute Gasteiger partial charge is 0.493 e. The van der Waals surface area contributed by atoms with Crippen molar-refractivity contribution < 1.29 is 28.9 Å². The van der Waals surface area contributed by atoms with Crippen molar-refractivity contribution in [3.63, 3.8) is 0 Å². The molecule has 1 aliphatic heterocycles. The fourth-order valence-corrected chi connectivity index (χ4v) is 4.64. The SMILES string of the molecule is COc1cccc(/C=C2/SC(=S)N(NC(=O)c3ccc(Cl)cc3)C2=O)c1Oc1ccc([N+](=O)[O-])cc1[N+](=O)[O-]. The van der Waals surface area contributed by atoms with Gasteiger partial charge in [-0.25, -0.2) is 0 Å². The van der Waals surface area contributed by atoms with Crippen molar-refractivity contribution in [2.75, 3.05) is 7.11 Å². The van der Waals surface area contributed by atoms with E-state index in [9.17, 15) is 29.8 Å². The molecule has 1 N–H and O–H groups in total. The van der Waals surface area contributed by atoms with E-state index in [1.807, 2.05) is 0 Å². The van der Waals surface area contributed by atoms with Crippen molar-refractivity contribution in [3.8, 4) is 17.2 Å². The number of carbonyl (C=O) groups is 2. The summed E-state index contributed by atoms with van der Waals surface area (Å²) in [7, 11) is 1.35. The lowest BCUT2D eigenvalue weighted by Gasteiger charge is -2.15. The van der Waals surface area contributed by atoms with Crippen molar-refractivity contribution in [2.24, 2.45) is 0 Å². The molecule has 0 atom stereocenters. The van der Waals surface area contributed by atoms with Gasteiger partial charge in [-0.05, 0) is 54.7 Å². The van der Waals surface area contributed by atoms with Crippen LogP contribution >= 0.6 is 35.6 Å². The third kappa shape index (κ3) is 5.98. The Kier molecular flexibility index (Phi) is 8.09. The predicted octanol–water partition coefficient (Wildman–Crippen LogP) is 5.50. The molecular weight excluding hydrogens is 572 g/mol. The molecule has 4 rings (SSSR count). The molecule has 0 aliphatic carbocycles. The Bertz CT molecular complexity index is 1560. The maximum Gasteiger partial charge on any atom is 0.318 e. The summed E-state index contributed by atoms with van der Waals surface area (Å²) in [6.45, 7) is 0. The van der Waals surface area contributed by atoms with E-state index in [0.717, 1.165) is 35.0 Å². The molecule has 0 spiro atoms. The highest BCUT2D eigenvalue weighted by molar-refractivity contribution is 8.26. The molecule has 0 aromatic heterocycles. The molecular formula is C24H15ClN4O8S2. The van der Waals surface area contributed by atoms with Gasteiger partial charge < -0.3 is 9.47 Å². The van der Waals surface area contributed by atoms with Crippen molar-refractivity contribution >= 4 is 69.2 Å². The van der Waals surface area contributed by atoms with Crippen LogP contribution in [0.4, 0.5) is 11.4 Å². The monoisotopic (exact) mass is 586 g/mol. The number of methoxy groups -OCH3 is 1. The Morgan fingerprint density at radius 1 is 1.08 bits per heavy atom.